The van der Waals surface area contributed by atoms with Gasteiger partial charge < -0.3 is 11.1 Å². The van der Waals surface area contributed by atoms with Gasteiger partial charge in [0.1, 0.15) is 5.71 Å². The van der Waals surface area contributed by atoms with Crippen LogP contribution in [0.15, 0.2) is 59.7 Å². The van der Waals surface area contributed by atoms with Gasteiger partial charge in [0, 0.05) is 29.8 Å². The zero-order chi connectivity index (χ0) is 27.8. The number of non-ortho nitro benzene ring substituents is 2. The smallest absolute Gasteiger partial charge is 0.269 e. The van der Waals surface area contributed by atoms with Crippen molar-refractivity contribution in [1.82, 2.24) is 15.7 Å². The number of nitro benzene ring substituents is 2. The summed E-state index contributed by atoms with van der Waals surface area (Å²) < 4.78 is 0. The number of hydrogen-bond donors (Lipinski definition) is 4. The Morgan fingerprint density at radius 3 is 2.18 bits per heavy atom. The second kappa shape index (κ2) is 12.5. The number of allylic oxidation sites excluding steroid dienone is 1. The van der Waals surface area contributed by atoms with E-state index in [1.807, 2.05) is 0 Å². The predicted octanol–water partition coefficient (Wildman–Crippen LogP) is 3.65. The van der Waals surface area contributed by atoms with Crippen molar-refractivity contribution in [2.45, 2.75) is 6.92 Å². The molecule has 0 aliphatic carbocycles. The second-order valence-corrected chi connectivity index (χ2v) is 9.15. The highest BCUT2D eigenvalue weighted by atomic mass is 32.1. The number of benzene rings is 2. The van der Waals surface area contributed by atoms with Gasteiger partial charge in [-0.1, -0.05) is 17.4 Å². The van der Waals surface area contributed by atoms with Crippen molar-refractivity contribution in [1.29, 1.82) is 0 Å². The van der Waals surface area contributed by atoms with Crippen LogP contribution < -0.4 is 21.8 Å². The minimum Gasteiger partial charge on any atom is -0.375 e. The number of nitrogens with zero attached hydrogens (tertiary/aromatic N) is 4. The van der Waals surface area contributed by atoms with Gasteiger partial charge in [0.15, 0.2) is 15.4 Å². The maximum atomic E-state index is 12.4. The van der Waals surface area contributed by atoms with Crippen LogP contribution in [-0.4, -0.2) is 36.7 Å². The van der Waals surface area contributed by atoms with Gasteiger partial charge in [0.25, 0.3) is 17.3 Å². The normalized spacial score (nSPS) is 11.1. The number of hydrazone groups is 1. The van der Waals surface area contributed by atoms with Gasteiger partial charge in [0.05, 0.1) is 20.4 Å². The lowest BCUT2D eigenvalue weighted by atomic mass is 10.1. The molecule has 0 unspecified atom stereocenters. The molecule has 1 amide bonds. The van der Waals surface area contributed by atoms with Crippen LogP contribution in [0.3, 0.4) is 0 Å². The number of carbonyl (C=O) groups is 1. The molecule has 2 aromatic carbocycles. The maximum absolute atomic E-state index is 12.4. The van der Waals surface area contributed by atoms with Gasteiger partial charge in [-0.15, -0.1) is 0 Å². The summed E-state index contributed by atoms with van der Waals surface area (Å²) in [7, 11) is 0. The molecule has 13 nitrogen and oxygen atoms in total. The molecule has 5 N–H and O–H groups in total. The third-order valence-electron chi connectivity index (χ3n) is 4.64. The van der Waals surface area contributed by atoms with Gasteiger partial charge in [-0.3, -0.25) is 35.8 Å². The van der Waals surface area contributed by atoms with E-state index in [4.69, 9.17) is 30.2 Å². The van der Waals surface area contributed by atoms with Crippen LogP contribution in [0.4, 0.5) is 16.5 Å². The Morgan fingerprint density at radius 2 is 1.63 bits per heavy atom. The summed E-state index contributed by atoms with van der Waals surface area (Å²) in [5.41, 5.74) is 9.74. The minimum absolute atomic E-state index is 0.0307. The number of amides is 1. The first-order valence-electron chi connectivity index (χ1n) is 10.4. The van der Waals surface area contributed by atoms with E-state index in [0.717, 1.165) is 0 Å². The van der Waals surface area contributed by atoms with E-state index in [2.05, 4.69) is 26.1 Å². The lowest BCUT2D eigenvalue weighted by Gasteiger charge is -2.07. The molecule has 1 aromatic heterocycles. The molecular weight excluding hydrogens is 552 g/mol. The lowest BCUT2D eigenvalue weighted by molar-refractivity contribution is -0.385. The van der Waals surface area contributed by atoms with Crippen LogP contribution in [0.25, 0.3) is 6.08 Å². The van der Waals surface area contributed by atoms with E-state index in [1.54, 1.807) is 31.2 Å². The van der Waals surface area contributed by atoms with Gasteiger partial charge in [-0.2, -0.15) is 5.10 Å². The summed E-state index contributed by atoms with van der Waals surface area (Å²) >= 11 is 11.2. The Morgan fingerprint density at radius 1 is 1.05 bits per heavy atom. The Bertz CT molecular complexity index is 1470. The molecule has 0 aliphatic heterocycles. The Hall–Kier alpha value is -4.67. The summed E-state index contributed by atoms with van der Waals surface area (Å²) in [5.74, 6) is -0.556. The number of aromatic nitrogens is 1. The predicted molar refractivity (Wildman–Crippen MR) is 152 cm³/mol. The molecule has 0 spiro atoms. The van der Waals surface area contributed by atoms with Crippen molar-refractivity contribution < 1.29 is 14.6 Å². The summed E-state index contributed by atoms with van der Waals surface area (Å²) in [5, 5.41) is 31.4. The fourth-order valence-corrected chi connectivity index (χ4v) is 4.13. The molecule has 0 bridgehead atoms. The number of carbonyl (C=O) groups excluding carboxylic acids is 1. The van der Waals surface area contributed by atoms with Crippen molar-refractivity contribution >= 4 is 80.2 Å². The summed E-state index contributed by atoms with van der Waals surface area (Å²) in [6.07, 6.45) is 3.36. The number of thiocarbonyl (C=S) groups is 2. The van der Waals surface area contributed by atoms with Crippen LogP contribution in [0.5, 0.6) is 0 Å². The Labute approximate surface area is 229 Å². The third-order valence-corrected chi connectivity index (χ3v) is 6.03. The Kier molecular flexibility index (Phi) is 9.20. The average Bonchev–Trinajstić information content (AvgIpc) is 3.23. The summed E-state index contributed by atoms with van der Waals surface area (Å²) in [6.45, 7) is 1.74. The van der Waals surface area contributed by atoms with Crippen molar-refractivity contribution in [3.05, 3.63) is 96.5 Å². The number of hydrogen-bond acceptors (Lipinski definition) is 10. The van der Waals surface area contributed by atoms with Crippen LogP contribution in [-0.2, 0) is 0 Å². The van der Waals surface area contributed by atoms with Gasteiger partial charge >= 0.3 is 0 Å². The van der Waals surface area contributed by atoms with Gasteiger partial charge in [-0.25, -0.2) is 4.98 Å². The summed E-state index contributed by atoms with van der Waals surface area (Å²) in [6, 6.07) is 11.0. The SMILES string of the molecule is Cc1nc(NC(=S)NC(=O)c2ccc([N+](=O)[O-])cc2)sc1C(/C=C\c1ccc([N+](=O)[O-])cc1)=N\NC(N)=S. The highest BCUT2D eigenvalue weighted by Gasteiger charge is 2.15. The minimum atomic E-state index is -0.564. The lowest BCUT2D eigenvalue weighted by Crippen LogP contribution is -2.34. The molecule has 3 aromatic rings. The molecule has 0 fully saturated rings. The molecule has 3 rings (SSSR count). The van der Waals surface area contributed by atoms with E-state index in [1.165, 1.54) is 47.7 Å². The van der Waals surface area contributed by atoms with Crippen LogP contribution in [0, 0.1) is 27.2 Å². The Balaban J connectivity index is 1.75. The first-order chi connectivity index (χ1) is 18.0. The zero-order valence-electron chi connectivity index (χ0n) is 19.4. The number of anilines is 1. The monoisotopic (exact) mass is 570 g/mol. The second-order valence-electron chi connectivity index (χ2n) is 7.30. The molecule has 0 saturated carbocycles. The highest BCUT2D eigenvalue weighted by molar-refractivity contribution is 7.80. The van der Waals surface area contributed by atoms with Gasteiger partial charge in [0.2, 0.25) is 0 Å². The van der Waals surface area contributed by atoms with Crippen LogP contribution in [0.2, 0.25) is 0 Å². The van der Waals surface area contributed by atoms with E-state index < -0.39 is 15.8 Å². The quantitative estimate of drug-likeness (QED) is 0.134. The van der Waals surface area contributed by atoms with Crippen LogP contribution >= 0.6 is 35.8 Å². The van der Waals surface area contributed by atoms with Crippen molar-refractivity contribution in [3.63, 3.8) is 0 Å². The highest BCUT2D eigenvalue weighted by Crippen LogP contribution is 2.24. The molecule has 0 radical (unpaired) electrons. The molecular formula is C22H18N8O5S3. The standard InChI is InChI=1S/C22H18N8O5S3/c1-12-18(17(27-28-20(23)36)11-4-13-2-7-15(8-3-13)29(32)33)38-22(24-12)26-21(37)25-19(31)14-5-9-16(10-6-14)30(34)35/h2-11H,1H3,(H3,23,28,36)(H2,24,25,26,31,37)/b11-4-,27-17-. The molecule has 194 valence electrons. The van der Waals surface area contributed by atoms with Gasteiger partial charge in [-0.05, 0) is 67.3 Å². The topological polar surface area (TPSA) is 191 Å². The molecule has 16 heteroatoms. The molecule has 0 atom stereocenters. The first kappa shape index (κ1) is 27.9. The fourth-order valence-electron chi connectivity index (χ4n) is 2.89. The molecule has 1 heterocycles. The van der Waals surface area contributed by atoms with E-state index in [0.29, 0.717) is 27.0 Å². The van der Waals surface area contributed by atoms with Crippen molar-refractivity contribution in [2.24, 2.45) is 10.8 Å². The van der Waals surface area contributed by atoms with Crippen molar-refractivity contribution in [3.8, 4) is 0 Å². The number of thiazole rings is 1. The van der Waals surface area contributed by atoms with Crippen molar-refractivity contribution in [2.75, 3.05) is 5.32 Å². The number of nitrogens with two attached hydrogens (primary N) is 1. The number of nitrogens with one attached hydrogen (secondary N) is 3. The third kappa shape index (κ3) is 7.66. The maximum Gasteiger partial charge on any atom is 0.269 e. The molecule has 0 aliphatic rings. The number of aryl methyl sites for hydroxylation is 1. The van der Waals surface area contributed by atoms with E-state index in [-0.39, 0.29) is 27.2 Å². The van der Waals surface area contributed by atoms with E-state index in [9.17, 15) is 25.0 Å². The molecule has 0 saturated heterocycles. The average molecular weight is 571 g/mol. The first-order valence-corrected chi connectivity index (χ1v) is 12.1. The molecule has 38 heavy (non-hydrogen) atoms. The summed E-state index contributed by atoms with van der Waals surface area (Å²) in [4.78, 5) is 38.0. The van der Waals surface area contributed by atoms with E-state index >= 15 is 0 Å². The fraction of sp³-hybridized carbons (Fsp3) is 0.0455. The van der Waals surface area contributed by atoms with Crippen LogP contribution in [0.1, 0.15) is 26.5 Å². The number of nitro groups is 2. The zero-order valence-corrected chi connectivity index (χ0v) is 21.9. The number of rotatable bonds is 8. The largest absolute Gasteiger partial charge is 0.375 e.